The molecule has 4 heteroatoms. The molecule has 0 amide bonds. The van der Waals surface area contributed by atoms with E-state index in [-0.39, 0.29) is 27.3 Å². The average Bonchev–Trinajstić information content (AvgIpc) is 2.09. The third-order valence-electron chi connectivity index (χ3n) is 1.89. The minimum atomic E-state index is -0.656. The summed E-state index contributed by atoms with van der Waals surface area (Å²) < 4.78 is 13.2. The molecule has 0 saturated carbocycles. The van der Waals surface area contributed by atoms with Crippen LogP contribution >= 0.6 is 23.2 Å². The van der Waals surface area contributed by atoms with Gasteiger partial charge in [-0.3, -0.25) is 4.79 Å². The lowest BCUT2D eigenvalue weighted by molar-refractivity contribution is 0.0967. The van der Waals surface area contributed by atoms with Gasteiger partial charge in [0.1, 0.15) is 5.82 Å². The minimum absolute atomic E-state index is 0.148. The quantitative estimate of drug-likeness (QED) is 0.574. The van der Waals surface area contributed by atoms with Crippen molar-refractivity contribution in [1.82, 2.24) is 0 Å². The Morgan fingerprint density at radius 1 is 1.40 bits per heavy atom. The van der Waals surface area contributed by atoms with Crippen LogP contribution < -0.4 is 0 Å². The number of hydrogen-bond acceptors (Lipinski definition) is 1. The van der Waals surface area contributed by atoms with E-state index in [0.717, 1.165) is 6.07 Å². The first-order chi connectivity index (χ1) is 6.91. The van der Waals surface area contributed by atoms with E-state index in [0.29, 0.717) is 6.42 Å². The van der Waals surface area contributed by atoms with Gasteiger partial charge in [-0.25, -0.2) is 4.39 Å². The Morgan fingerprint density at radius 2 is 2.00 bits per heavy atom. The van der Waals surface area contributed by atoms with Crippen LogP contribution in [0.15, 0.2) is 12.1 Å². The molecule has 1 aromatic rings. The summed E-state index contributed by atoms with van der Waals surface area (Å²) in [5.74, 6) is -0.636. The molecule has 1 rings (SSSR count). The second-order valence-electron chi connectivity index (χ2n) is 3.77. The van der Waals surface area contributed by atoms with Crippen LogP contribution in [-0.2, 0) is 0 Å². The van der Waals surface area contributed by atoms with Crippen LogP contribution in [0, 0.1) is 11.7 Å². The number of ketones is 1. The Bertz CT molecular complexity index is 388. The average molecular weight is 249 g/mol. The molecule has 0 fully saturated rings. The lowest BCUT2D eigenvalue weighted by Crippen LogP contribution is -2.05. The first kappa shape index (κ1) is 12.5. The lowest BCUT2D eigenvalue weighted by atomic mass is 10.0. The summed E-state index contributed by atoms with van der Waals surface area (Å²) in [5.41, 5.74) is 0.162. The van der Waals surface area contributed by atoms with Crippen molar-refractivity contribution in [1.29, 1.82) is 0 Å². The van der Waals surface area contributed by atoms with Crippen molar-refractivity contribution in [2.75, 3.05) is 0 Å². The predicted octanol–water partition coefficient (Wildman–Crippen LogP) is 4.36. The summed E-state index contributed by atoms with van der Waals surface area (Å²) in [5, 5.41) is 0.0362. The maximum absolute atomic E-state index is 13.2. The van der Waals surface area contributed by atoms with Crippen LogP contribution in [-0.4, -0.2) is 5.78 Å². The smallest absolute Gasteiger partial charge is 0.164 e. The Morgan fingerprint density at radius 3 is 2.53 bits per heavy atom. The molecule has 0 aliphatic rings. The molecule has 1 aromatic carbocycles. The lowest BCUT2D eigenvalue weighted by Gasteiger charge is -2.07. The Kier molecular flexibility index (Phi) is 4.12. The number of hydrogen-bond donors (Lipinski definition) is 0. The van der Waals surface area contributed by atoms with Crippen LogP contribution in [0.2, 0.25) is 10.0 Å². The molecule has 0 N–H and O–H groups in total. The highest BCUT2D eigenvalue weighted by Gasteiger charge is 2.16. The zero-order valence-corrected chi connectivity index (χ0v) is 9.99. The molecule has 0 unspecified atom stereocenters. The fourth-order valence-electron chi connectivity index (χ4n) is 1.24. The highest BCUT2D eigenvalue weighted by atomic mass is 35.5. The van der Waals surface area contributed by atoms with E-state index < -0.39 is 5.82 Å². The van der Waals surface area contributed by atoms with Crippen LogP contribution in [0.4, 0.5) is 4.39 Å². The van der Waals surface area contributed by atoms with Gasteiger partial charge >= 0.3 is 0 Å². The monoisotopic (exact) mass is 248 g/mol. The van der Waals surface area contributed by atoms with Gasteiger partial charge in [-0.2, -0.15) is 0 Å². The number of carbonyl (C=O) groups is 1. The van der Waals surface area contributed by atoms with E-state index >= 15 is 0 Å². The minimum Gasteiger partial charge on any atom is -0.294 e. The third kappa shape index (κ3) is 3.18. The molecule has 0 atom stereocenters. The molecular formula is C11H11Cl2FO. The van der Waals surface area contributed by atoms with Gasteiger partial charge < -0.3 is 0 Å². The van der Waals surface area contributed by atoms with Crippen molar-refractivity contribution < 1.29 is 9.18 Å². The fourth-order valence-corrected chi connectivity index (χ4v) is 1.66. The number of rotatable bonds is 3. The first-order valence-corrected chi connectivity index (χ1v) is 5.35. The fraction of sp³-hybridized carbons (Fsp3) is 0.364. The maximum Gasteiger partial charge on any atom is 0.164 e. The number of carbonyl (C=O) groups excluding carboxylic acids is 1. The summed E-state index contributed by atoms with van der Waals surface area (Å²) in [4.78, 5) is 11.7. The normalized spacial score (nSPS) is 10.8. The predicted molar refractivity (Wildman–Crippen MR) is 60.2 cm³/mol. The van der Waals surface area contributed by atoms with E-state index in [1.165, 1.54) is 6.07 Å². The molecule has 0 aliphatic carbocycles. The zero-order chi connectivity index (χ0) is 11.6. The zero-order valence-electron chi connectivity index (χ0n) is 8.48. The van der Waals surface area contributed by atoms with Crippen molar-refractivity contribution in [2.45, 2.75) is 20.3 Å². The highest BCUT2D eigenvalue weighted by Crippen LogP contribution is 2.26. The van der Waals surface area contributed by atoms with E-state index in [4.69, 9.17) is 23.2 Å². The van der Waals surface area contributed by atoms with Crippen LogP contribution in [0.3, 0.4) is 0 Å². The topological polar surface area (TPSA) is 17.1 Å². The summed E-state index contributed by atoms with van der Waals surface area (Å²) in [7, 11) is 0. The standard InChI is InChI=1S/C11H11Cl2FO/c1-6(2)3-10(15)8-4-7(12)5-9(14)11(8)13/h4-6H,3H2,1-2H3. The molecule has 82 valence electrons. The van der Waals surface area contributed by atoms with Gasteiger partial charge in [-0.05, 0) is 18.1 Å². The van der Waals surface area contributed by atoms with Gasteiger partial charge in [0.25, 0.3) is 0 Å². The number of benzene rings is 1. The molecule has 0 saturated heterocycles. The first-order valence-electron chi connectivity index (χ1n) is 4.59. The third-order valence-corrected chi connectivity index (χ3v) is 2.49. The summed E-state index contributed by atoms with van der Waals surface area (Å²) >= 11 is 11.3. The van der Waals surface area contributed by atoms with Crippen LogP contribution in [0.25, 0.3) is 0 Å². The van der Waals surface area contributed by atoms with E-state index in [2.05, 4.69) is 0 Å². The Balaban J connectivity index is 3.08. The molecule has 0 aromatic heterocycles. The molecule has 0 aliphatic heterocycles. The van der Waals surface area contributed by atoms with Gasteiger partial charge in [0.2, 0.25) is 0 Å². The van der Waals surface area contributed by atoms with Gasteiger partial charge in [-0.1, -0.05) is 37.0 Å². The molecule has 0 bridgehead atoms. The van der Waals surface area contributed by atoms with E-state index in [1.807, 2.05) is 13.8 Å². The second kappa shape index (κ2) is 4.95. The van der Waals surface area contributed by atoms with E-state index in [9.17, 15) is 9.18 Å². The van der Waals surface area contributed by atoms with Crippen LogP contribution in [0.1, 0.15) is 30.6 Å². The highest BCUT2D eigenvalue weighted by molar-refractivity contribution is 6.36. The number of Topliss-reactive ketones (excluding diaryl/α,β-unsaturated/α-hetero) is 1. The molecule has 15 heavy (non-hydrogen) atoms. The van der Waals surface area contributed by atoms with Crippen LogP contribution in [0.5, 0.6) is 0 Å². The van der Waals surface area contributed by atoms with Crippen molar-refractivity contribution in [3.8, 4) is 0 Å². The van der Waals surface area contributed by atoms with Crippen molar-refractivity contribution in [3.05, 3.63) is 33.6 Å². The molecule has 1 nitrogen and oxygen atoms in total. The molecule has 0 radical (unpaired) electrons. The summed E-state index contributed by atoms with van der Waals surface area (Å²) in [6.45, 7) is 3.82. The summed E-state index contributed by atoms with van der Waals surface area (Å²) in [6, 6.07) is 2.49. The van der Waals surface area contributed by atoms with Crippen molar-refractivity contribution in [3.63, 3.8) is 0 Å². The van der Waals surface area contributed by atoms with Crippen molar-refractivity contribution >= 4 is 29.0 Å². The van der Waals surface area contributed by atoms with Gasteiger partial charge in [0.15, 0.2) is 5.78 Å². The largest absolute Gasteiger partial charge is 0.294 e. The van der Waals surface area contributed by atoms with E-state index in [1.54, 1.807) is 0 Å². The van der Waals surface area contributed by atoms with Crippen molar-refractivity contribution in [2.24, 2.45) is 5.92 Å². The SMILES string of the molecule is CC(C)CC(=O)c1cc(Cl)cc(F)c1Cl. The van der Waals surface area contributed by atoms with Gasteiger partial charge in [0, 0.05) is 17.0 Å². The molecule has 0 heterocycles. The molecule has 0 spiro atoms. The molecular weight excluding hydrogens is 238 g/mol. The Labute approximate surface area is 98.2 Å². The van der Waals surface area contributed by atoms with Gasteiger partial charge in [-0.15, -0.1) is 0 Å². The summed E-state index contributed by atoms with van der Waals surface area (Å²) in [6.07, 6.45) is 0.333. The maximum atomic E-state index is 13.2. The number of halogens is 3. The second-order valence-corrected chi connectivity index (χ2v) is 4.58. The van der Waals surface area contributed by atoms with Gasteiger partial charge in [0.05, 0.1) is 5.02 Å². The Hall–Kier alpha value is -0.600.